The van der Waals surface area contributed by atoms with Crippen LogP contribution >= 0.6 is 0 Å². The first-order chi connectivity index (χ1) is 13.2. The summed E-state index contributed by atoms with van der Waals surface area (Å²) in [6.07, 6.45) is 3.92. The summed E-state index contributed by atoms with van der Waals surface area (Å²) in [7, 11) is 0. The number of aromatic nitrogens is 4. The Hall–Kier alpha value is -3.55. The lowest BCUT2D eigenvalue weighted by Gasteiger charge is -2.05. The highest BCUT2D eigenvalue weighted by molar-refractivity contribution is 5.88. The van der Waals surface area contributed by atoms with Gasteiger partial charge in [-0.1, -0.05) is 36.4 Å². The lowest BCUT2D eigenvalue weighted by molar-refractivity contribution is -0.122. The van der Waals surface area contributed by atoms with Crippen molar-refractivity contribution in [2.75, 3.05) is 5.32 Å². The van der Waals surface area contributed by atoms with E-state index in [9.17, 15) is 9.59 Å². The molecule has 0 radical (unpaired) electrons. The summed E-state index contributed by atoms with van der Waals surface area (Å²) in [5.74, 6) is -0.208. The molecular weight excluding hydrogens is 344 g/mol. The quantitative estimate of drug-likeness (QED) is 0.632. The number of carbonyl (C=O) groups is 2. The fourth-order valence-corrected chi connectivity index (χ4v) is 2.40. The molecule has 0 aliphatic rings. The number of hydrogen-bond acceptors (Lipinski definition) is 5. The molecule has 0 spiro atoms. The molecule has 8 nitrogen and oxygen atoms in total. The van der Waals surface area contributed by atoms with Gasteiger partial charge >= 0.3 is 0 Å². The Kier molecular flexibility index (Phi) is 6.24. The van der Waals surface area contributed by atoms with Crippen LogP contribution in [0.1, 0.15) is 17.7 Å². The van der Waals surface area contributed by atoms with E-state index < -0.39 is 0 Å². The van der Waals surface area contributed by atoms with E-state index in [-0.39, 0.29) is 30.7 Å². The molecule has 0 saturated heterocycles. The molecule has 2 amide bonds. The number of pyridine rings is 1. The number of benzene rings is 1. The minimum atomic E-state index is -0.202. The fraction of sp³-hybridized carbons (Fsp3) is 0.211. The second-order valence-electron chi connectivity index (χ2n) is 5.90. The highest BCUT2D eigenvalue weighted by atomic mass is 16.2. The lowest BCUT2D eigenvalue weighted by Crippen LogP contribution is -2.27. The van der Waals surface area contributed by atoms with Gasteiger partial charge in [-0.3, -0.25) is 19.9 Å². The first-order valence-corrected chi connectivity index (χ1v) is 8.59. The van der Waals surface area contributed by atoms with Gasteiger partial charge in [-0.15, -0.1) is 5.10 Å². The summed E-state index contributed by atoms with van der Waals surface area (Å²) in [5.41, 5.74) is 1.87. The molecular formula is C19H20N6O2. The van der Waals surface area contributed by atoms with Crippen LogP contribution in [0.25, 0.3) is 0 Å². The average molecular weight is 364 g/mol. The number of carbonyl (C=O) groups excluding carboxylic acids is 2. The van der Waals surface area contributed by atoms with Gasteiger partial charge in [0.15, 0.2) is 0 Å². The Morgan fingerprint density at radius 2 is 1.78 bits per heavy atom. The number of rotatable bonds is 8. The van der Waals surface area contributed by atoms with Gasteiger partial charge in [0, 0.05) is 24.9 Å². The topological polar surface area (TPSA) is 102 Å². The molecule has 2 heterocycles. The predicted molar refractivity (Wildman–Crippen MR) is 99.5 cm³/mol. The van der Waals surface area contributed by atoms with Crippen LogP contribution in [0, 0.1) is 0 Å². The molecule has 0 unspecified atom stereocenters. The standard InChI is InChI=1S/C19H20N6O2/c26-17(10-9-16-8-4-5-11-20-16)23-19-22-14-25(24-19)13-18(27)21-12-15-6-2-1-3-7-15/h1-8,11,14H,9-10,12-13H2,(H,21,27)(H,23,24,26). The van der Waals surface area contributed by atoms with Gasteiger partial charge in [0.1, 0.15) is 12.9 Å². The Morgan fingerprint density at radius 1 is 0.963 bits per heavy atom. The van der Waals surface area contributed by atoms with Crippen molar-refractivity contribution in [2.45, 2.75) is 25.9 Å². The zero-order chi connectivity index (χ0) is 18.9. The van der Waals surface area contributed by atoms with Crippen LogP contribution in [-0.4, -0.2) is 31.6 Å². The maximum absolute atomic E-state index is 12.0. The monoisotopic (exact) mass is 364 g/mol. The number of nitrogens with zero attached hydrogens (tertiary/aromatic N) is 4. The summed E-state index contributed by atoms with van der Waals surface area (Å²) >= 11 is 0. The summed E-state index contributed by atoms with van der Waals surface area (Å²) in [4.78, 5) is 32.1. The predicted octanol–water partition coefficient (Wildman–Crippen LogP) is 1.56. The summed E-state index contributed by atoms with van der Waals surface area (Å²) < 4.78 is 1.38. The van der Waals surface area contributed by atoms with E-state index in [1.54, 1.807) is 6.20 Å². The average Bonchev–Trinajstić information content (AvgIpc) is 3.13. The molecule has 1 aromatic carbocycles. The molecule has 0 atom stereocenters. The smallest absolute Gasteiger partial charge is 0.248 e. The van der Waals surface area contributed by atoms with Gasteiger partial charge in [-0.25, -0.2) is 9.67 Å². The van der Waals surface area contributed by atoms with Crippen molar-refractivity contribution >= 4 is 17.8 Å². The number of aryl methyl sites for hydroxylation is 1. The van der Waals surface area contributed by atoms with E-state index in [2.05, 4.69) is 25.7 Å². The second-order valence-corrected chi connectivity index (χ2v) is 5.90. The lowest BCUT2D eigenvalue weighted by atomic mass is 10.2. The third-order valence-corrected chi connectivity index (χ3v) is 3.76. The normalized spacial score (nSPS) is 10.4. The number of hydrogen-bond donors (Lipinski definition) is 2. The van der Waals surface area contributed by atoms with E-state index >= 15 is 0 Å². The molecule has 3 rings (SSSR count). The van der Waals surface area contributed by atoms with Crippen molar-refractivity contribution in [1.29, 1.82) is 0 Å². The maximum atomic E-state index is 12.0. The summed E-state index contributed by atoms with van der Waals surface area (Å²) in [6, 6.07) is 15.2. The summed E-state index contributed by atoms with van der Waals surface area (Å²) in [6.45, 7) is 0.481. The number of anilines is 1. The first-order valence-electron chi connectivity index (χ1n) is 8.59. The highest BCUT2D eigenvalue weighted by Crippen LogP contribution is 2.02. The van der Waals surface area contributed by atoms with E-state index in [0.717, 1.165) is 11.3 Å². The molecule has 0 aliphatic carbocycles. The van der Waals surface area contributed by atoms with Crippen LogP contribution in [0.4, 0.5) is 5.95 Å². The Balaban J connectivity index is 1.42. The minimum absolute atomic E-state index is 0.0314. The molecule has 27 heavy (non-hydrogen) atoms. The molecule has 8 heteroatoms. The van der Waals surface area contributed by atoms with E-state index in [1.807, 2.05) is 48.5 Å². The first kappa shape index (κ1) is 18.2. The van der Waals surface area contributed by atoms with Crippen LogP contribution in [-0.2, 0) is 29.1 Å². The Labute approximate surface area is 156 Å². The van der Waals surface area contributed by atoms with Crippen LogP contribution < -0.4 is 10.6 Å². The van der Waals surface area contributed by atoms with Crippen molar-refractivity contribution in [3.63, 3.8) is 0 Å². The Bertz CT molecular complexity index is 807. The molecule has 0 bridgehead atoms. The molecule has 2 aromatic heterocycles. The fourth-order valence-electron chi connectivity index (χ4n) is 2.40. The summed E-state index contributed by atoms with van der Waals surface area (Å²) in [5, 5.41) is 9.53. The molecule has 138 valence electrons. The zero-order valence-corrected chi connectivity index (χ0v) is 14.7. The van der Waals surface area contributed by atoms with E-state index in [4.69, 9.17) is 0 Å². The van der Waals surface area contributed by atoms with Crippen molar-refractivity contribution in [2.24, 2.45) is 0 Å². The third kappa shape index (κ3) is 6.03. The van der Waals surface area contributed by atoms with Crippen LogP contribution in [0.5, 0.6) is 0 Å². The molecule has 3 aromatic rings. The highest BCUT2D eigenvalue weighted by Gasteiger charge is 2.09. The molecule has 2 N–H and O–H groups in total. The van der Waals surface area contributed by atoms with Gasteiger partial charge in [-0.05, 0) is 24.1 Å². The maximum Gasteiger partial charge on any atom is 0.248 e. The Morgan fingerprint density at radius 3 is 2.56 bits per heavy atom. The second kappa shape index (κ2) is 9.23. The molecule has 0 fully saturated rings. The van der Waals surface area contributed by atoms with Gasteiger partial charge in [0.25, 0.3) is 0 Å². The minimum Gasteiger partial charge on any atom is -0.350 e. The van der Waals surface area contributed by atoms with Gasteiger partial charge in [0.2, 0.25) is 17.8 Å². The van der Waals surface area contributed by atoms with Crippen LogP contribution in [0.3, 0.4) is 0 Å². The van der Waals surface area contributed by atoms with Gasteiger partial charge < -0.3 is 5.32 Å². The zero-order valence-electron chi connectivity index (χ0n) is 14.7. The van der Waals surface area contributed by atoms with Crippen LogP contribution in [0.15, 0.2) is 61.1 Å². The van der Waals surface area contributed by atoms with Crippen molar-refractivity contribution in [1.82, 2.24) is 25.1 Å². The third-order valence-electron chi connectivity index (χ3n) is 3.76. The van der Waals surface area contributed by atoms with Gasteiger partial charge in [-0.2, -0.15) is 0 Å². The molecule has 0 saturated carbocycles. The van der Waals surface area contributed by atoms with Crippen molar-refractivity contribution in [3.8, 4) is 0 Å². The molecule has 0 aliphatic heterocycles. The largest absolute Gasteiger partial charge is 0.350 e. The van der Waals surface area contributed by atoms with Crippen LogP contribution in [0.2, 0.25) is 0 Å². The van der Waals surface area contributed by atoms with E-state index in [1.165, 1.54) is 11.0 Å². The number of amides is 2. The van der Waals surface area contributed by atoms with E-state index in [0.29, 0.717) is 13.0 Å². The van der Waals surface area contributed by atoms with Crippen molar-refractivity contribution < 1.29 is 9.59 Å². The van der Waals surface area contributed by atoms with Gasteiger partial charge in [0.05, 0.1) is 0 Å². The number of nitrogens with one attached hydrogen (secondary N) is 2. The SMILES string of the molecule is O=C(Cn1cnc(NC(=O)CCc2ccccn2)n1)NCc1ccccc1. The van der Waals surface area contributed by atoms with Crippen molar-refractivity contribution in [3.05, 3.63) is 72.3 Å².